The van der Waals surface area contributed by atoms with E-state index in [0.29, 0.717) is 18.0 Å². The van der Waals surface area contributed by atoms with Gasteiger partial charge in [0.2, 0.25) is 11.8 Å². The molecule has 40 heavy (non-hydrogen) atoms. The molecule has 3 N–H and O–H groups in total. The van der Waals surface area contributed by atoms with Gasteiger partial charge in [-0.2, -0.15) is 0 Å². The molecule has 0 spiro atoms. The zero-order valence-electron chi connectivity index (χ0n) is 24.5. The molecular weight excluding hydrogens is 515 g/mol. The summed E-state index contributed by atoms with van der Waals surface area (Å²) in [7, 11) is 0. The summed E-state index contributed by atoms with van der Waals surface area (Å²) in [6, 6.07) is 3.44. The number of hydrogen-bond acceptors (Lipinski definition) is 6. The molecule has 4 rings (SSSR count). The second-order valence-corrected chi connectivity index (χ2v) is 12.8. The normalized spacial score (nSPS) is 28.4. The summed E-state index contributed by atoms with van der Waals surface area (Å²) in [4.78, 5) is 42.6. The number of likely N-dealkylation sites (tertiary alicyclic amines) is 2. The predicted octanol–water partition coefficient (Wildman–Crippen LogP) is 3.34. The molecule has 0 aliphatic carbocycles. The Morgan fingerprint density at radius 1 is 1.23 bits per heavy atom. The lowest BCUT2D eigenvalue weighted by atomic mass is 9.88. The minimum atomic E-state index is -1.12. The van der Waals surface area contributed by atoms with E-state index in [1.54, 1.807) is 32.9 Å². The van der Waals surface area contributed by atoms with Gasteiger partial charge in [0.05, 0.1) is 6.61 Å². The van der Waals surface area contributed by atoms with E-state index in [4.69, 9.17) is 15.2 Å². The van der Waals surface area contributed by atoms with Crippen LogP contribution < -0.4 is 11.1 Å². The fourth-order valence-electron chi connectivity index (χ4n) is 6.42. The highest BCUT2D eigenvalue weighted by Crippen LogP contribution is 2.32. The minimum absolute atomic E-state index is 0.0769. The number of nitrogens with zero attached hydrogens (tertiary/aromatic N) is 2. The van der Waals surface area contributed by atoms with Crippen molar-refractivity contribution in [2.75, 3.05) is 26.3 Å². The maximum absolute atomic E-state index is 15.3. The summed E-state index contributed by atoms with van der Waals surface area (Å²) in [6.07, 6.45) is 3.04. The summed E-state index contributed by atoms with van der Waals surface area (Å²) in [6.45, 7) is 12.5. The van der Waals surface area contributed by atoms with Crippen LogP contribution in [-0.2, 0) is 25.5 Å². The van der Waals surface area contributed by atoms with E-state index in [9.17, 15) is 14.4 Å². The predicted molar refractivity (Wildman–Crippen MR) is 149 cm³/mol. The van der Waals surface area contributed by atoms with Crippen LogP contribution >= 0.6 is 0 Å². The van der Waals surface area contributed by atoms with Gasteiger partial charge in [-0.25, -0.2) is 9.18 Å². The number of amides is 3. The number of carbonyl (C=O) groups excluding carboxylic acids is 3. The van der Waals surface area contributed by atoms with Crippen molar-refractivity contribution < 1.29 is 28.2 Å². The molecule has 3 amide bonds. The first-order valence-electron chi connectivity index (χ1n) is 14.5. The van der Waals surface area contributed by atoms with Gasteiger partial charge < -0.3 is 20.5 Å². The van der Waals surface area contributed by atoms with Crippen molar-refractivity contribution in [3.05, 3.63) is 35.1 Å². The summed E-state index contributed by atoms with van der Waals surface area (Å²) < 4.78 is 26.4. The first-order chi connectivity index (χ1) is 18.8. The van der Waals surface area contributed by atoms with Crippen molar-refractivity contribution >= 4 is 17.9 Å². The largest absolute Gasteiger partial charge is 0.444 e. The van der Waals surface area contributed by atoms with E-state index < -0.39 is 41.4 Å². The number of rotatable bonds is 7. The highest BCUT2D eigenvalue weighted by atomic mass is 19.1. The van der Waals surface area contributed by atoms with Crippen LogP contribution in [0.5, 0.6) is 0 Å². The summed E-state index contributed by atoms with van der Waals surface area (Å²) in [5.41, 5.74) is 6.17. The van der Waals surface area contributed by atoms with Gasteiger partial charge in [-0.15, -0.1) is 0 Å². The van der Waals surface area contributed by atoms with Crippen LogP contribution in [0.25, 0.3) is 0 Å². The number of carbonyl (C=O) groups is 3. The fourth-order valence-corrected chi connectivity index (χ4v) is 6.42. The topological polar surface area (TPSA) is 114 Å². The van der Waals surface area contributed by atoms with Gasteiger partial charge in [0.25, 0.3) is 0 Å². The van der Waals surface area contributed by atoms with Crippen LogP contribution in [0.2, 0.25) is 0 Å². The molecule has 3 aliphatic heterocycles. The SMILES string of the molecule is CC1CC(C)N(C(=O)OC(C)(C)C)C1C(=O)NC(Cc1ccc(C2CCCN(C3CCOC3)C2)cc1F)C(N)=O. The average molecular weight is 561 g/mol. The monoisotopic (exact) mass is 560 g/mol. The first-order valence-corrected chi connectivity index (χ1v) is 14.5. The maximum atomic E-state index is 15.3. The summed E-state index contributed by atoms with van der Waals surface area (Å²) in [5, 5.41) is 2.70. The Balaban J connectivity index is 1.43. The smallest absolute Gasteiger partial charge is 0.411 e. The lowest BCUT2D eigenvalue weighted by molar-refractivity contribution is -0.131. The summed E-state index contributed by atoms with van der Waals surface area (Å²) in [5.74, 6) is -1.60. The van der Waals surface area contributed by atoms with E-state index in [0.717, 1.165) is 51.1 Å². The van der Waals surface area contributed by atoms with Crippen LogP contribution in [0.15, 0.2) is 18.2 Å². The molecule has 6 atom stereocenters. The van der Waals surface area contributed by atoms with Crippen LogP contribution in [0.1, 0.15) is 77.3 Å². The Bertz CT molecular complexity index is 1090. The molecule has 3 heterocycles. The molecule has 0 bridgehead atoms. The number of ether oxygens (including phenoxy) is 2. The molecule has 9 nitrogen and oxygen atoms in total. The van der Waals surface area contributed by atoms with Crippen molar-refractivity contribution in [1.29, 1.82) is 0 Å². The van der Waals surface area contributed by atoms with Gasteiger partial charge in [-0.05, 0) is 89.0 Å². The van der Waals surface area contributed by atoms with Crippen molar-refractivity contribution in [3.8, 4) is 0 Å². The standard InChI is InChI=1S/C30H45FN4O5/c1-18-13-19(2)35(29(38)40-30(3,4)5)26(18)28(37)33-25(27(32)36)15-21-9-8-20(14-24(21)31)22-7-6-11-34(16-22)23-10-12-39-17-23/h8-9,14,18-19,22-23,25-26H,6-7,10-13,15-17H2,1-5H3,(H2,32,36)(H,33,37). The van der Waals surface area contributed by atoms with Gasteiger partial charge in [0, 0.05) is 31.7 Å². The third-order valence-corrected chi connectivity index (χ3v) is 8.41. The van der Waals surface area contributed by atoms with E-state index in [-0.39, 0.29) is 24.3 Å². The van der Waals surface area contributed by atoms with E-state index in [1.165, 1.54) is 4.90 Å². The maximum Gasteiger partial charge on any atom is 0.411 e. The molecule has 10 heteroatoms. The number of piperidine rings is 1. The Hall–Kier alpha value is -2.72. The van der Waals surface area contributed by atoms with Crippen molar-refractivity contribution in [3.63, 3.8) is 0 Å². The van der Waals surface area contributed by atoms with Gasteiger partial charge in [0.1, 0.15) is 23.5 Å². The lowest BCUT2D eigenvalue weighted by Crippen LogP contribution is -2.55. The average Bonchev–Trinajstić information content (AvgIpc) is 3.51. The van der Waals surface area contributed by atoms with Gasteiger partial charge in [-0.1, -0.05) is 19.1 Å². The Labute approximate surface area is 236 Å². The first kappa shape index (κ1) is 30.2. The lowest BCUT2D eigenvalue weighted by Gasteiger charge is -2.36. The van der Waals surface area contributed by atoms with Crippen LogP contribution in [0.3, 0.4) is 0 Å². The van der Waals surface area contributed by atoms with Crippen molar-refractivity contribution in [1.82, 2.24) is 15.1 Å². The number of nitrogens with one attached hydrogen (secondary N) is 1. The Morgan fingerprint density at radius 3 is 2.60 bits per heavy atom. The zero-order chi connectivity index (χ0) is 29.2. The molecule has 0 radical (unpaired) electrons. The molecule has 3 aliphatic rings. The minimum Gasteiger partial charge on any atom is -0.444 e. The number of hydrogen-bond donors (Lipinski definition) is 2. The molecule has 1 aromatic rings. The summed E-state index contributed by atoms with van der Waals surface area (Å²) >= 11 is 0. The van der Waals surface area contributed by atoms with E-state index >= 15 is 4.39 Å². The molecule has 3 saturated heterocycles. The zero-order valence-corrected chi connectivity index (χ0v) is 24.5. The number of halogens is 1. The molecule has 1 aromatic carbocycles. The number of nitrogens with two attached hydrogens (primary N) is 1. The molecule has 6 unspecified atom stereocenters. The van der Waals surface area contributed by atoms with E-state index in [1.807, 2.05) is 19.9 Å². The highest BCUT2D eigenvalue weighted by molar-refractivity contribution is 5.91. The fraction of sp³-hybridized carbons (Fsp3) is 0.700. The second kappa shape index (κ2) is 12.4. The third kappa shape index (κ3) is 7.13. The molecule has 222 valence electrons. The second-order valence-electron chi connectivity index (χ2n) is 12.8. The molecule has 0 aromatic heterocycles. The van der Waals surface area contributed by atoms with Gasteiger partial charge >= 0.3 is 6.09 Å². The highest BCUT2D eigenvalue weighted by Gasteiger charge is 2.46. The van der Waals surface area contributed by atoms with Gasteiger partial charge in [-0.3, -0.25) is 19.4 Å². The van der Waals surface area contributed by atoms with Crippen molar-refractivity contribution in [2.45, 2.75) is 102 Å². The molecule has 3 fully saturated rings. The molecular formula is C30H45FN4O5. The quantitative estimate of drug-likeness (QED) is 0.529. The van der Waals surface area contributed by atoms with Crippen molar-refractivity contribution in [2.24, 2.45) is 11.7 Å². The van der Waals surface area contributed by atoms with Crippen LogP contribution in [0.4, 0.5) is 9.18 Å². The number of benzene rings is 1. The number of primary amides is 1. The van der Waals surface area contributed by atoms with Crippen LogP contribution in [0, 0.1) is 11.7 Å². The van der Waals surface area contributed by atoms with Crippen LogP contribution in [-0.4, -0.2) is 83.8 Å². The Morgan fingerprint density at radius 2 is 1.98 bits per heavy atom. The van der Waals surface area contributed by atoms with E-state index in [2.05, 4.69) is 10.2 Å². The molecule has 0 saturated carbocycles. The van der Waals surface area contributed by atoms with Gasteiger partial charge in [0.15, 0.2) is 0 Å². The Kier molecular flexibility index (Phi) is 9.40. The third-order valence-electron chi connectivity index (χ3n) is 8.41.